The van der Waals surface area contributed by atoms with E-state index < -0.39 is 24.6 Å². The molecule has 1 aliphatic rings. The van der Waals surface area contributed by atoms with Crippen molar-refractivity contribution >= 4 is 5.97 Å². The first kappa shape index (κ1) is 16.2. The van der Waals surface area contributed by atoms with Gasteiger partial charge in [0, 0.05) is 6.04 Å². The maximum atomic E-state index is 12.9. The van der Waals surface area contributed by atoms with Crippen molar-refractivity contribution < 1.29 is 23.1 Å². The van der Waals surface area contributed by atoms with E-state index in [1.807, 2.05) is 6.92 Å². The number of rotatable bonds is 5. The van der Waals surface area contributed by atoms with Gasteiger partial charge in [-0.1, -0.05) is 6.92 Å². The van der Waals surface area contributed by atoms with Crippen LogP contribution in [0, 0.1) is 0 Å². The normalized spacial score (nSPS) is 20.7. The van der Waals surface area contributed by atoms with Gasteiger partial charge in [0.25, 0.3) is 0 Å². The van der Waals surface area contributed by atoms with Gasteiger partial charge in [-0.05, 0) is 39.5 Å². The van der Waals surface area contributed by atoms with Crippen molar-refractivity contribution in [3.8, 4) is 0 Å². The lowest BCUT2D eigenvalue weighted by atomic mass is 10.0. The third-order valence-corrected chi connectivity index (χ3v) is 3.82. The number of likely N-dealkylation sites (tertiary alicyclic amines) is 1. The van der Waals surface area contributed by atoms with Crippen LogP contribution >= 0.6 is 0 Å². The van der Waals surface area contributed by atoms with E-state index in [1.54, 1.807) is 0 Å². The molecule has 112 valence electrons. The van der Waals surface area contributed by atoms with E-state index in [4.69, 9.17) is 5.11 Å². The van der Waals surface area contributed by atoms with Crippen molar-refractivity contribution in [2.24, 2.45) is 0 Å². The second kappa shape index (κ2) is 6.56. The van der Waals surface area contributed by atoms with Crippen molar-refractivity contribution in [1.29, 1.82) is 0 Å². The van der Waals surface area contributed by atoms with Crippen LogP contribution in [0.15, 0.2) is 0 Å². The lowest BCUT2D eigenvalue weighted by Gasteiger charge is -2.40. The molecule has 0 aromatic carbocycles. The molecular formula is C12H21F3N2O2. The predicted molar refractivity (Wildman–Crippen MR) is 65.0 cm³/mol. The minimum atomic E-state index is -4.50. The fourth-order valence-corrected chi connectivity index (χ4v) is 2.55. The number of halogens is 3. The van der Waals surface area contributed by atoms with Gasteiger partial charge >= 0.3 is 12.1 Å². The highest BCUT2D eigenvalue weighted by molar-refractivity contribution is 5.67. The monoisotopic (exact) mass is 282 g/mol. The number of carbonyl (C=O) groups is 1. The summed E-state index contributed by atoms with van der Waals surface area (Å²) in [6.07, 6.45) is -4.10. The van der Waals surface area contributed by atoms with E-state index in [1.165, 1.54) is 11.9 Å². The van der Waals surface area contributed by atoms with Crippen molar-refractivity contribution in [3.05, 3.63) is 0 Å². The molecule has 0 radical (unpaired) electrons. The minimum absolute atomic E-state index is 0.200. The molecule has 0 bridgehead atoms. The van der Waals surface area contributed by atoms with Crippen molar-refractivity contribution in [2.75, 3.05) is 26.7 Å². The summed E-state index contributed by atoms with van der Waals surface area (Å²) in [5, 5.41) is 8.64. The molecular weight excluding hydrogens is 261 g/mol. The summed E-state index contributed by atoms with van der Waals surface area (Å²) >= 11 is 0. The molecule has 1 rings (SSSR count). The van der Waals surface area contributed by atoms with Gasteiger partial charge in [-0.2, -0.15) is 13.2 Å². The smallest absolute Gasteiger partial charge is 0.404 e. The summed E-state index contributed by atoms with van der Waals surface area (Å²) in [7, 11) is 1.38. The maximum Gasteiger partial charge on any atom is 0.404 e. The molecule has 0 aromatic rings. The zero-order valence-electron chi connectivity index (χ0n) is 11.3. The highest BCUT2D eigenvalue weighted by Gasteiger charge is 2.45. The van der Waals surface area contributed by atoms with Gasteiger partial charge in [0.15, 0.2) is 0 Å². The van der Waals surface area contributed by atoms with E-state index in [9.17, 15) is 18.0 Å². The first-order chi connectivity index (χ1) is 8.75. The Labute approximate surface area is 111 Å². The number of alkyl halides is 3. The molecule has 0 amide bonds. The van der Waals surface area contributed by atoms with Crippen molar-refractivity contribution in [1.82, 2.24) is 9.80 Å². The maximum absolute atomic E-state index is 12.9. The Kier molecular flexibility index (Phi) is 5.61. The standard InChI is InChI=1S/C12H21F3N2O2/c1-3-17-6-4-9(5-7-17)16(2)10(8-11(18)19)12(13,14)15/h9-10H,3-8H2,1-2H3,(H,18,19). The van der Waals surface area contributed by atoms with Gasteiger partial charge < -0.3 is 10.0 Å². The highest BCUT2D eigenvalue weighted by Crippen LogP contribution is 2.30. The van der Waals surface area contributed by atoms with Crippen molar-refractivity contribution in [3.63, 3.8) is 0 Å². The van der Waals surface area contributed by atoms with E-state index >= 15 is 0 Å². The van der Waals surface area contributed by atoms with Crippen LogP contribution in [0.2, 0.25) is 0 Å². The van der Waals surface area contributed by atoms with Crippen LogP contribution in [0.1, 0.15) is 26.2 Å². The second-order valence-electron chi connectivity index (χ2n) is 4.99. The van der Waals surface area contributed by atoms with E-state index in [0.717, 1.165) is 19.6 Å². The average molecular weight is 282 g/mol. The van der Waals surface area contributed by atoms with Gasteiger partial charge in [0.1, 0.15) is 6.04 Å². The highest BCUT2D eigenvalue weighted by atomic mass is 19.4. The summed E-state index contributed by atoms with van der Waals surface area (Å²) in [6, 6.07) is -2.10. The van der Waals surface area contributed by atoms with Crippen LogP contribution in [-0.2, 0) is 4.79 Å². The molecule has 1 fully saturated rings. The van der Waals surface area contributed by atoms with Crippen LogP contribution in [0.25, 0.3) is 0 Å². The summed E-state index contributed by atoms with van der Waals surface area (Å²) in [5.41, 5.74) is 0. The van der Waals surface area contributed by atoms with Crippen molar-refractivity contribution in [2.45, 2.75) is 44.4 Å². The first-order valence-electron chi connectivity index (χ1n) is 6.48. The number of carboxylic acids is 1. The fourth-order valence-electron chi connectivity index (χ4n) is 2.55. The number of piperidine rings is 1. The predicted octanol–water partition coefficient (Wildman–Crippen LogP) is 1.81. The second-order valence-corrected chi connectivity index (χ2v) is 4.99. The minimum Gasteiger partial charge on any atom is -0.481 e. The van der Waals surface area contributed by atoms with Crippen LogP contribution in [-0.4, -0.2) is 65.8 Å². The average Bonchev–Trinajstić information content (AvgIpc) is 2.34. The molecule has 1 N–H and O–H groups in total. The molecule has 1 atom stereocenters. The summed E-state index contributed by atoms with van der Waals surface area (Å²) in [4.78, 5) is 14.0. The molecule has 0 aliphatic carbocycles. The molecule has 1 unspecified atom stereocenters. The number of nitrogens with zero attached hydrogens (tertiary/aromatic N) is 2. The Morgan fingerprint density at radius 1 is 1.42 bits per heavy atom. The third-order valence-electron chi connectivity index (χ3n) is 3.82. The molecule has 7 heteroatoms. The van der Waals surface area contributed by atoms with Gasteiger partial charge in [0.05, 0.1) is 6.42 Å². The third kappa shape index (κ3) is 4.65. The molecule has 0 aromatic heterocycles. The summed E-state index contributed by atoms with van der Waals surface area (Å²) in [5.74, 6) is -1.42. The molecule has 1 saturated heterocycles. The van der Waals surface area contributed by atoms with Gasteiger partial charge in [-0.25, -0.2) is 0 Å². The molecule has 1 heterocycles. The quantitative estimate of drug-likeness (QED) is 0.835. The van der Waals surface area contributed by atoms with Crippen LogP contribution in [0.4, 0.5) is 13.2 Å². The van der Waals surface area contributed by atoms with Crippen LogP contribution in [0.5, 0.6) is 0 Å². The van der Waals surface area contributed by atoms with Crippen LogP contribution < -0.4 is 0 Å². The first-order valence-corrected chi connectivity index (χ1v) is 6.48. The number of aliphatic carboxylic acids is 1. The lowest BCUT2D eigenvalue weighted by molar-refractivity contribution is -0.194. The Morgan fingerprint density at radius 3 is 2.32 bits per heavy atom. The summed E-state index contributed by atoms with van der Waals surface area (Å²) < 4.78 is 38.7. The van der Waals surface area contributed by atoms with Gasteiger partial charge in [-0.15, -0.1) is 0 Å². The van der Waals surface area contributed by atoms with Crippen LogP contribution in [0.3, 0.4) is 0 Å². The topological polar surface area (TPSA) is 43.8 Å². The van der Waals surface area contributed by atoms with E-state index in [2.05, 4.69) is 4.90 Å². The lowest BCUT2D eigenvalue weighted by Crippen LogP contribution is -2.52. The Hall–Kier alpha value is -0.820. The zero-order chi connectivity index (χ0) is 14.6. The van der Waals surface area contributed by atoms with Gasteiger partial charge in [-0.3, -0.25) is 9.69 Å². The van der Waals surface area contributed by atoms with Gasteiger partial charge in [0.2, 0.25) is 0 Å². The Balaban J connectivity index is 2.66. The molecule has 4 nitrogen and oxygen atoms in total. The molecule has 0 spiro atoms. The Bertz CT molecular complexity index is 302. The molecule has 19 heavy (non-hydrogen) atoms. The molecule has 0 saturated carbocycles. The SMILES string of the molecule is CCN1CCC(N(C)C(CC(=O)O)C(F)(F)F)CC1. The largest absolute Gasteiger partial charge is 0.481 e. The fraction of sp³-hybridized carbons (Fsp3) is 0.917. The number of hydrogen-bond acceptors (Lipinski definition) is 3. The molecule has 1 aliphatic heterocycles. The number of carboxylic acid groups (broad SMARTS) is 1. The van der Waals surface area contributed by atoms with E-state index in [-0.39, 0.29) is 6.04 Å². The Morgan fingerprint density at radius 2 is 1.95 bits per heavy atom. The number of hydrogen-bond donors (Lipinski definition) is 1. The van der Waals surface area contributed by atoms with E-state index in [0.29, 0.717) is 12.8 Å². The zero-order valence-corrected chi connectivity index (χ0v) is 11.3. The summed E-state index contributed by atoms with van der Waals surface area (Å²) in [6.45, 7) is 4.45.